The molecule has 0 aromatic heterocycles. The van der Waals surface area contributed by atoms with Gasteiger partial charge in [-0.3, -0.25) is 14.9 Å². The first-order valence-corrected chi connectivity index (χ1v) is 7.44. The fraction of sp³-hybridized carbons (Fsp3) is 0.118. The van der Waals surface area contributed by atoms with Crippen molar-refractivity contribution in [3.63, 3.8) is 0 Å². The minimum Gasteiger partial charge on any atom is -0.341 e. The van der Waals surface area contributed by atoms with Crippen LogP contribution in [0.15, 0.2) is 42.5 Å². The van der Waals surface area contributed by atoms with E-state index < -0.39 is 22.6 Å². The van der Waals surface area contributed by atoms with Gasteiger partial charge in [-0.15, -0.1) is 0 Å². The molecule has 2 aromatic rings. The predicted octanol–water partition coefficient (Wildman–Crippen LogP) is 4.05. The third-order valence-corrected chi connectivity index (χ3v) is 3.48. The quantitative estimate of drug-likeness (QED) is 0.494. The first-order valence-electron chi connectivity index (χ1n) is 7.07. The van der Waals surface area contributed by atoms with Crippen LogP contribution in [-0.2, 0) is 6.18 Å². The number of nitrogens with one attached hydrogen (secondary N) is 1. The summed E-state index contributed by atoms with van der Waals surface area (Å²) in [5.41, 5.74) is -0.887. The number of alkyl halides is 3. The molecule has 2 aromatic carbocycles. The fourth-order valence-electron chi connectivity index (χ4n) is 1.94. The summed E-state index contributed by atoms with van der Waals surface area (Å²) in [4.78, 5) is 21.9. The third-order valence-electron chi connectivity index (χ3n) is 3.17. The van der Waals surface area contributed by atoms with Crippen LogP contribution in [0.5, 0.6) is 0 Å². The Bertz CT molecular complexity index is 917. The Kier molecular flexibility index (Phi) is 5.85. The van der Waals surface area contributed by atoms with Crippen LogP contribution in [0.25, 0.3) is 0 Å². The molecule has 0 saturated carbocycles. The minimum atomic E-state index is -4.46. The lowest BCUT2D eigenvalue weighted by atomic mass is 10.1. The lowest BCUT2D eigenvalue weighted by Gasteiger charge is -2.06. The Balaban J connectivity index is 2.02. The summed E-state index contributed by atoms with van der Waals surface area (Å²) in [6.45, 7) is -0.137. The molecule has 5 nitrogen and oxygen atoms in total. The van der Waals surface area contributed by atoms with E-state index in [2.05, 4.69) is 17.2 Å². The SMILES string of the molecule is O=C(NCC#Cc1cccc(C(F)(F)F)c1)c1ccc([N+](=O)[O-])cc1Cl. The number of nitro benzene ring substituents is 1. The zero-order valence-electron chi connectivity index (χ0n) is 12.9. The smallest absolute Gasteiger partial charge is 0.341 e. The molecule has 0 unspecified atom stereocenters. The van der Waals surface area contributed by atoms with Crippen molar-refractivity contribution in [1.29, 1.82) is 0 Å². The summed E-state index contributed by atoms with van der Waals surface area (Å²) in [5.74, 6) is 4.44. The van der Waals surface area contributed by atoms with Crippen molar-refractivity contribution >= 4 is 23.2 Å². The summed E-state index contributed by atoms with van der Waals surface area (Å²) >= 11 is 5.83. The zero-order valence-corrected chi connectivity index (χ0v) is 13.7. The van der Waals surface area contributed by atoms with E-state index >= 15 is 0 Å². The maximum Gasteiger partial charge on any atom is 0.416 e. The second-order valence-corrected chi connectivity index (χ2v) is 5.39. The first-order chi connectivity index (χ1) is 12.2. The van der Waals surface area contributed by atoms with Crippen LogP contribution >= 0.6 is 11.6 Å². The third kappa shape index (κ3) is 4.97. The van der Waals surface area contributed by atoms with Crippen molar-refractivity contribution in [3.8, 4) is 11.8 Å². The Morgan fingerprint density at radius 1 is 1.23 bits per heavy atom. The average Bonchev–Trinajstić information content (AvgIpc) is 2.58. The lowest BCUT2D eigenvalue weighted by molar-refractivity contribution is -0.384. The molecule has 0 spiro atoms. The lowest BCUT2D eigenvalue weighted by Crippen LogP contribution is -2.23. The highest BCUT2D eigenvalue weighted by Crippen LogP contribution is 2.29. The number of hydrogen-bond donors (Lipinski definition) is 1. The van der Waals surface area contributed by atoms with E-state index in [4.69, 9.17) is 11.6 Å². The van der Waals surface area contributed by atoms with Gasteiger partial charge in [0.15, 0.2) is 0 Å². The number of nitrogens with zero attached hydrogens (tertiary/aromatic N) is 1. The molecule has 0 aliphatic rings. The number of benzene rings is 2. The van der Waals surface area contributed by atoms with E-state index in [1.54, 1.807) is 0 Å². The number of non-ortho nitro benzene ring substituents is 1. The largest absolute Gasteiger partial charge is 0.416 e. The summed E-state index contributed by atoms with van der Waals surface area (Å²) in [5, 5.41) is 12.9. The van der Waals surface area contributed by atoms with Crippen molar-refractivity contribution in [3.05, 3.63) is 74.3 Å². The highest BCUT2D eigenvalue weighted by molar-refractivity contribution is 6.34. The van der Waals surface area contributed by atoms with Crippen LogP contribution in [-0.4, -0.2) is 17.4 Å². The van der Waals surface area contributed by atoms with Gasteiger partial charge in [-0.25, -0.2) is 0 Å². The van der Waals surface area contributed by atoms with Gasteiger partial charge in [0.05, 0.1) is 27.6 Å². The number of rotatable bonds is 3. The minimum absolute atomic E-state index is 0.0261. The Morgan fingerprint density at radius 2 is 1.96 bits per heavy atom. The number of hydrogen-bond acceptors (Lipinski definition) is 3. The fourth-order valence-corrected chi connectivity index (χ4v) is 2.20. The van der Waals surface area contributed by atoms with Crippen molar-refractivity contribution in [2.24, 2.45) is 0 Å². The van der Waals surface area contributed by atoms with Gasteiger partial charge in [-0.2, -0.15) is 13.2 Å². The van der Waals surface area contributed by atoms with Crippen LogP contribution < -0.4 is 5.32 Å². The molecular weight excluding hydrogens is 373 g/mol. The van der Waals surface area contributed by atoms with E-state index in [-0.39, 0.29) is 28.4 Å². The number of nitro groups is 1. The Morgan fingerprint density at radius 3 is 2.58 bits per heavy atom. The van der Waals surface area contributed by atoms with Gasteiger partial charge in [0, 0.05) is 17.7 Å². The number of carbonyl (C=O) groups excluding carboxylic acids is 1. The molecule has 0 saturated heterocycles. The summed E-state index contributed by atoms with van der Waals surface area (Å²) < 4.78 is 37.8. The van der Waals surface area contributed by atoms with Gasteiger partial charge in [-0.05, 0) is 24.3 Å². The van der Waals surface area contributed by atoms with Crippen LogP contribution in [0.1, 0.15) is 21.5 Å². The van der Waals surface area contributed by atoms with Gasteiger partial charge in [0.2, 0.25) is 0 Å². The molecule has 0 aliphatic heterocycles. The van der Waals surface area contributed by atoms with Crippen molar-refractivity contribution in [1.82, 2.24) is 5.32 Å². The number of halogens is 4. The van der Waals surface area contributed by atoms with Crippen molar-refractivity contribution < 1.29 is 22.9 Å². The molecule has 1 N–H and O–H groups in total. The molecule has 0 bridgehead atoms. The molecule has 1 amide bonds. The van der Waals surface area contributed by atoms with Gasteiger partial charge >= 0.3 is 6.18 Å². The normalized spacial score (nSPS) is 10.6. The van der Waals surface area contributed by atoms with Crippen LogP contribution in [0, 0.1) is 22.0 Å². The Hall–Kier alpha value is -3.05. The molecule has 9 heteroatoms. The van der Waals surface area contributed by atoms with E-state index in [9.17, 15) is 28.1 Å². The van der Waals surface area contributed by atoms with Gasteiger partial charge in [0.25, 0.3) is 11.6 Å². The molecule has 0 fully saturated rings. The molecule has 0 aliphatic carbocycles. The number of carbonyl (C=O) groups is 1. The molecule has 2 rings (SSSR count). The van der Waals surface area contributed by atoms with Crippen LogP contribution in [0.3, 0.4) is 0 Å². The molecule has 0 atom stereocenters. The standard InChI is InChI=1S/C17H10ClF3N2O3/c18-15-10-13(23(25)26)6-7-14(15)16(24)22-8-2-4-11-3-1-5-12(9-11)17(19,20)21/h1,3,5-7,9-10H,8H2,(H,22,24). The summed E-state index contributed by atoms with van der Waals surface area (Å²) in [6, 6.07) is 7.88. The first kappa shape index (κ1) is 19.3. The highest BCUT2D eigenvalue weighted by Gasteiger charge is 2.30. The maximum absolute atomic E-state index is 12.6. The van der Waals surface area contributed by atoms with Gasteiger partial charge in [0.1, 0.15) is 0 Å². The molecule has 0 heterocycles. The summed E-state index contributed by atoms with van der Waals surface area (Å²) in [6.07, 6.45) is -4.46. The van der Waals surface area contributed by atoms with E-state index in [0.717, 1.165) is 24.3 Å². The molecule has 26 heavy (non-hydrogen) atoms. The van der Waals surface area contributed by atoms with Crippen LogP contribution in [0.2, 0.25) is 5.02 Å². The Labute approximate surface area is 150 Å². The number of amides is 1. The van der Waals surface area contributed by atoms with Crippen molar-refractivity contribution in [2.45, 2.75) is 6.18 Å². The molecule has 134 valence electrons. The molecule has 0 radical (unpaired) electrons. The second-order valence-electron chi connectivity index (χ2n) is 4.98. The average molecular weight is 383 g/mol. The predicted molar refractivity (Wildman–Crippen MR) is 88.8 cm³/mol. The topological polar surface area (TPSA) is 72.2 Å². The van der Waals surface area contributed by atoms with Gasteiger partial charge < -0.3 is 5.32 Å². The van der Waals surface area contributed by atoms with E-state index in [0.29, 0.717) is 0 Å². The summed E-state index contributed by atoms with van der Waals surface area (Å²) in [7, 11) is 0. The van der Waals surface area contributed by atoms with Crippen molar-refractivity contribution in [2.75, 3.05) is 6.54 Å². The zero-order chi connectivity index (χ0) is 19.3. The van der Waals surface area contributed by atoms with Gasteiger partial charge in [-0.1, -0.05) is 29.5 Å². The molecular formula is C17H10ClF3N2O3. The maximum atomic E-state index is 12.6. The highest BCUT2D eigenvalue weighted by atomic mass is 35.5. The van der Waals surface area contributed by atoms with Crippen LogP contribution in [0.4, 0.5) is 18.9 Å². The monoisotopic (exact) mass is 382 g/mol. The van der Waals surface area contributed by atoms with E-state index in [1.807, 2.05) is 0 Å². The second kappa shape index (κ2) is 7.89. The van der Waals surface area contributed by atoms with E-state index in [1.165, 1.54) is 18.2 Å².